The summed E-state index contributed by atoms with van der Waals surface area (Å²) in [7, 11) is -0.561. The minimum absolute atomic E-state index is 0.430. The summed E-state index contributed by atoms with van der Waals surface area (Å²) in [5.41, 5.74) is 6.66. The molecule has 2 rings (SSSR count). The van der Waals surface area contributed by atoms with Gasteiger partial charge in [0.25, 0.3) is 0 Å². The second kappa shape index (κ2) is 5.17. The molecule has 2 heterocycles. The van der Waals surface area contributed by atoms with Gasteiger partial charge in [-0.2, -0.15) is 5.26 Å². The maximum Gasteiger partial charge on any atom is 0.497 e. The van der Waals surface area contributed by atoms with Crippen molar-refractivity contribution in [1.82, 2.24) is 4.98 Å². The molecule has 1 aromatic rings. The van der Waals surface area contributed by atoms with Crippen molar-refractivity contribution in [3.05, 3.63) is 23.5 Å². The molecule has 2 N–H and O–H groups in total. The quantitative estimate of drug-likeness (QED) is 0.822. The molecule has 6 heteroatoms. The molecule has 0 spiro atoms. The topological polar surface area (TPSA) is 81.2 Å². The fourth-order valence-electron chi connectivity index (χ4n) is 2.05. The number of aromatic nitrogens is 1. The summed E-state index contributed by atoms with van der Waals surface area (Å²) in [6, 6.07) is 3.94. The van der Waals surface area contributed by atoms with Gasteiger partial charge >= 0.3 is 7.12 Å². The first kappa shape index (κ1) is 15.0. The lowest BCUT2D eigenvalue weighted by Crippen LogP contribution is -2.41. The van der Waals surface area contributed by atoms with Gasteiger partial charge in [0.2, 0.25) is 0 Å². The molecule has 1 aliphatic rings. The molecule has 0 aromatic carbocycles. The van der Waals surface area contributed by atoms with Gasteiger partial charge in [-0.15, -0.1) is 0 Å². The fraction of sp³-hybridized carbons (Fsp3) is 0.571. The molecule has 1 saturated heterocycles. The summed E-state index contributed by atoms with van der Waals surface area (Å²) in [4.78, 5) is 4.33. The number of hydrogen-bond acceptors (Lipinski definition) is 5. The van der Waals surface area contributed by atoms with Crippen LogP contribution in [0.15, 0.2) is 12.3 Å². The predicted octanol–water partition coefficient (Wildman–Crippen LogP) is 0.754. The molecule has 106 valence electrons. The van der Waals surface area contributed by atoms with Crippen LogP contribution < -0.4 is 11.2 Å². The number of nitrogens with two attached hydrogens (primary N) is 1. The molecule has 0 aliphatic carbocycles. The van der Waals surface area contributed by atoms with Crippen molar-refractivity contribution < 1.29 is 9.31 Å². The van der Waals surface area contributed by atoms with Crippen LogP contribution in [0.1, 0.15) is 39.0 Å². The minimum atomic E-state index is -0.561. The van der Waals surface area contributed by atoms with Crippen LogP contribution in [0.2, 0.25) is 0 Å². The summed E-state index contributed by atoms with van der Waals surface area (Å²) in [6.45, 7) is 8.43. The summed E-state index contributed by atoms with van der Waals surface area (Å²) in [5.74, 6) is 0. The summed E-state index contributed by atoms with van der Waals surface area (Å²) < 4.78 is 11.9. The minimum Gasteiger partial charge on any atom is -0.399 e. The Morgan fingerprint density at radius 3 is 2.40 bits per heavy atom. The number of rotatable bonds is 3. The van der Waals surface area contributed by atoms with E-state index in [0.717, 1.165) is 5.69 Å². The van der Waals surface area contributed by atoms with E-state index in [1.165, 1.54) is 0 Å². The van der Waals surface area contributed by atoms with E-state index in [9.17, 15) is 5.26 Å². The number of pyridine rings is 1. The Morgan fingerprint density at radius 1 is 1.30 bits per heavy atom. The van der Waals surface area contributed by atoms with Crippen molar-refractivity contribution in [2.45, 2.75) is 45.3 Å². The monoisotopic (exact) mass is 273 g/mol. The molecule has 0 saturated carbocycles. The first-order valence-corrected chi connectivity index (χ1v) is 6.75. The van der Waals surface area contributed by atoms with Crippen LogP contribution in [0.3, 0.4) is 0 Å². The SMILES string of the molecule is CC1(C)OB(c2cnc(CCN)cc2C#N)OC1(C)C. The van der Waals surface area contributed by atoms with Crippen molar-refractivity contribution in [3.8, 4) is 6.07 Å². The van der Waals surface area contributed by atoms with E-state index >= 15 is 0 Å². The Hall–Kier alpha value is -1.42. The third-order valence-electron chi connectivity index (χ3n) is 4.02. The summed E-state index contributed by atoms with van der Waals surface area (Å²) in [6.07, 6.45) is 2.31. The molecule has 1 aromatic heterocycles. The Bertz CT molecular complexity index is 536. The lowest BCUT2D eigenvalue weighted by atomic mass is 9.77. The van der Waals surface area contributed by atoms with Gasteiger partial charge in [0.05, 0.1) is 22.8 Å². The average molecular weight is 273 g/mol. The van der Waals surface area contributed by atoms with Crippen LogP contribution in [0.4, 0.5) is 0 Å². The third kappa shape index (κ3) is 2.57. The highest BCUT2D eigenvalue weighted by molar-refractivity contribution is 6.62. The second-order valence-corrected chi connectivity index (χ2v) is 6.00. The number of nitrogens with zero attached hydrogens (tertiary/aromatic N) is 2. The normalized spacial score (nSPS) is 19.9. The summed E-state index contributed by atoms with van der Waals surface area (Å²) >= 11 is 0. The number of hydrogen-bond donors (Lipinski definition) is 1. The lowest BCUT2D eigenvalue weighted by molar-refractivity contribution is 0.00578. The Labute approximate surface area is 120 Å². The highest BCUT2D eigenvalue weighted by Gasteiger charge is 2.52. The van der Waals surface area contributed by atoms with Crippen LogP contribution >= 0.6 is 0 Å². The van der Waals surface area contributed by atoms with E-state index in [1.807, 2.05) is 27.7 Å². The van der Waals surface area contributed by atoms with Crippen LogP contribution in [-0.2, 0) is 15.7 Å². The predicted molar refractivity (Wildman–Crippen MR) is 77.4 cm³/mol. The van der Waals surface area contributed by atoms with Gasteiger partial charge in [-0.25, -0.2) is 0 Å². The van der Waals surface area contributed by atoms with Gasteiger partial charge in [0.1, 0.15) is 0 Å². The van der Waals surface area contributed by atoms with Crippen molar-refractivity contribution in [2.24, 2.45) is 5.73 Å². The highest BCUT2D eigenvalue weighted by atomic mass is 16.7. The third-order valence-corrected chi connectivity index (χ3v) is 4.02. The standard InChI is InChI=1S/C14H20BN3O2/c1-13(2)14(3,4)20-15(19-13)12-9-18-11(5-6-16)7-10(12)8-17/h7,9H,5-6,16H2,1-4H3. The van der Waals surface area contributed by atoms with Crippen LogP contribution in [-0.4, -0.2) is 29.8 Å². The van der Waals surface area contributed by atoms with E-state index < -0.39 is 18.3 Å². The largest absolute Gasteiger partial charge is 0.497 e. The van der Waals surface area contributed by atoms with Crippen LogP contribution in [0, 0.1) is 11.3 Å². The van der Waals surface area contributed by atoms with E-state index in [2.05, 4.69) is 11.1 Å². The zero-order valence-corrected chi connectivity index (χ0v) is 12.4. The number of nitriles is 1. The van der Waals surface area contributed by atoms with E-state index in [4.69, 9.17) is 15.0 Å². The van der Waals surface area contributed by atoms with Crippen molar-refractivity contribution in [1.29, 1.82) is 5.26 Å². The molecular formula is C14H20BN3O2. The average Bonchev–Trinajstić information content (AvgIpc) is 2.58. The van der Waals surface area contributed by atoms with Gasteiger partial charge in [0.15, 0.2) is 0 Å². The Balaban J connectivity index is 2.33. The molecule has 5 nitrogen and oxygen atoms in total. The zero-order chi connectivity index (χ0) is 15.0. The van der Waals surface area contributed by atoms with Gasteiger partial charge < -0.3 is 15.0 Å². The van der Waals surface area contributed by atoms with Gasteiger partial charge in [-0.05, 0) is 40.3 Å². The molecular weight excluding hydrogens is 253 g/mol. The first-order valence-electron chi connectivity index (χ1n) is 6.75. The zero-order valence-electron chi connectivity index (χ0n) is 12.4. The second-order valence-electron chi connectivity index (χ2n) is 6.00. The molecule has 0 bridgehead atoms. The molecule has 1 aliphatic heterocycles. The van der Waals surface area contributed by atoms with Gasteiger partial charge in [0, 0.05) is 23.8 Å². The molecule has 20 heavy (non-hydrogen) atoms. The summed E-state index contributed by atoms with van der Waals surface area (Å²) in [5, 5.41) is 9.31. The van der Waals surface area contributed by atoms with Crippen LogP contribution in [0.25, 0.3) is 0 Å². The van der Waals surface area contributed by atoms with Crippen LogP contribution in [0.5, 0.6) is 0 Å². The molecule has 0 amide bonds. The Morgan fingerprint density at radius 2 is 1.90 bits per heavy atom. The molecule has 0 unspecified atom stereocenters. The highest BCUT2D eigenvalue weighted by Crippen LogP contribution is 2.36. The van der Waals surface area contributed by atoms with E-state index in [1.54, 1.807) is 12.3 Å². The lowest BCUT2D eigenvalue weighted by Gasteiger charge is -2.32. The van der Waals surface area contributed by atoms with E-state index in [0.29, 0.717) is 24.0 Å². The smallest absolute Gasteiger partial charge is 0.399 e. The van der Waals surface area contributed by atoms with Gasteiger partial charge in [-0.1, -0.05) is 0 Å². The van der Waals surface area contributed by atoms with Crippen molar-refractivity contribution in [3.63, 3.8) is 0 Å². The first-order chi connectivity index (χ1) is 9.30. The maximum absolute atomic E-state index is 9.31. The van der Waals surface area contributed by atoms with Crippen molar-refractivity contribution >= 4 is 12.6 Å². The molecule has 1 fully saturated rings. The Kier molecular flexibility index (Phi) is 3.87. The maximum atomic E-state index is 9.31. The van der Waals surface area contributed by atoms with E-state index in [-0.39, 0.29) is 0 Å². The van der Waals surface area contributed by atoms with Gasteiger partial charge in [-0.3, -0.25) is 4.98 Å². The fourth-order valence-corrected chi connectivity index (χ4v) is 2.05. The molecule has 0 radical (unpaired) electrons. The van der Waals surface area contributed by atoms with Crippen molar-refractivity contribution in [2.75, 3.05) is 6.54 Å². The molecule has 0 atom stereocenters.